The van der Waals surface area contributed by atoms with Crippen LogP contribution in [0, 0.1) is 5.41 Å². The maximum absolute atomic E-state index is 11.9. The van der Waals surface area contributed by atoms with Crippen LogP contribution in [0.25, 0.3) is 16.5 Å². The van der Waals surface area contributed by atoms with Gasteiger partial charge in [-0.05, 0) is 41.2 Å². The van der Waals surface area contributed by atoms with Crippen LogP contribution in [-0.2, 0) is 4.79 Å². The zero-order valence-corrected chi connectivity index (χ0v) is 11.3. The van der Waals surface area contributed by atoms with E-state index < -0.39 is 0 Å². The van der Waals surface area contributed by atoms with Crippen LogP contribution < -0.4 is 0 Å². The molecule has 1 aliphatic carbocycles. The molecule has 2 aromatic rings. The fourth-order valence-corrected chi connectivity index (χ4v) is 2.90. The second-order valence-electron chi connectivity index (χ2n) is 6.03. The lowest BCUT2D eigenvalue weighted by atomic mass is 9.75. The lowest BCUT2D eigenvalue weighted by Crippen LogP contribution is -2.21. The molecule has 3 rings (SSSR count). The number of rotatable bonds is 1. The molecule has 1 aromatic carbocycles. The third-order valence-corrected chi connectivity index (χ3v) is 3.65. The predicted octanol–water partition coefficient (Wildman–Crippen LogP) is 4.01. The average Bonchev–Trinajstić information content (AvgIpc) is 2.35. The molecule has 19 heavy (non-hydrogen) atoms. The molecule has 0 fully saturated rings. The fraction of sp³-hybridized carbons (Fsp3) is 0.294. The Bertz CT molecular complexity index is 677. The van der Waals surface area contributed by atoms with E-state index in [9.17, 15) is 4.79 Å². The fourth-order valence-electron chi connectivity index (χ4n) is 2.90. The minimum atomic E-state index is 0.0472. The van der Waals surface area contributed by atoms with Crippen LogP contribution >= 0.6 is 0 Å². The molecule has 2 nitrogen and oxygen atoms in total. The van der Waals surface area contributed by atoms with E-state index in [4.69, 9.17) is 0 Å². The van der Waals surface area contributed by atoms with E-state index in [2.05, 4.69) is 31.0 Å². The maximum atomic E-state index is 11.9. The van der Waals surface area contributed by atoms with E-state index >= 15 is 0 Å². The molecule has 0 aliphatic heterocycles. The normalized spacial score (nSPS) is 18.4. The van der Waals surface area contributed by atoms with Crippen molar-refractivity contribution in [3.05, 3.63) is 48.2 Å². The Hall–Kier alpha value is -1.96. The van der Waals surface area contributed by atoms with Crippen LogP contribution in [0.2, 0.25) is 0 Å². The molecule has 0 atom stereocenters. The monoisotopic (exact) mass is 251 g/mol. The van der Waals surface area contributed by atoms with Gasteiger partial charge in [0.05, 0.1) is 5.52 Å². The number of aromatic nitrogens is 1. The van der Waals surface area contributed by atoms with Gasteiger partial charge in [0.25, 0.3) is 0 Å². The van der Waals surface area contributed by atoms with Crippen molar-refractivity contribution in [2.45, 2.75) is 26.7 Å². The molecule has 1 heterocycles. The van der Waals surface area contributed by atoms with Crippen LogP contribution in [-0.4, -0.2) is 10.8 Å². The SMILES string of the molecule is CC1(C)CC(=O)C=C(c2cccc3ncccc23)C1. The number of hydrogen-bond acceptors (Lipinski definition) is 2. The zero-order chi connectivity index (χ0) is 13.5. The van der Waals surface area contributed by atoms with Crippen molar-refractivity contribution < 1.29 is 4.79 Å². The minimum absolute atomic E-state index is 0.0472. The van der Waals surface area contributed by atoms with Crippen LogP contribution in [0.1, 0.15) is 32.3 Å². The first-order valence-electron chi connectivity index (χ1n) is 6.63. The Morgan fingerprint density at radius 2 is 1.95 bits per heavy atom. The number of nitrogens with zero attached hydrogens (tertiary/aromatic N) is 1. The van der Waals surface area contributed by atoms with Crippen molar-refractivity contribution in [3.63, 3.8) is 0 Å². The number of benzene rings is 1. The molecular formula is C17H17NO. The highest BCUT2D eigenvalue weighted by Crippen LogP contribution is 2.39. The topological polar surface area (TPSA) is 30.0 Å². The third kappa shape index (κ3) is 2.30. The van der Waals surface area contributed by atoms with Crippen molar-refractivity contribution in [2.24, 2.45) is 5.41 Å². The summed E-state index contributed by atoms with van der Waals surface area (Å²) in [5.41, 5.74) is 3.31. The van der Waals surface area contributed by atoms with Gasteiger partial charge in [-0.25, -0.2) is 0 Å². The van der Waals surface area contributed by atoms with Gasteiger partial charge < -0.3 is 0 Å². The summed E-state index contributed by atoms with van der Waals surface area (Å²) < 4.78 is 0. The van der Waals surface area contributed by atoms with Gasteiger partial charge in [-0.15, -0.1) is 0 Å². The summed E-state index contributed by atoms with van der Waals surface area (Å²) >= 11 is 0. The van der Waals surface area contributed by atoms with Crippen LogP contribution in [0.15, 0.2) is 42.6 Å². The summed E-state index contributed by atoms with van der Waals surface area (Å²) in [6.07, 6.45) is 5.19. The van der Waals surface area contributed by atoms with Gasteiger partial charge in [-0.2, -0.15) is 0 Å². The van der Waals surface area contributed by atoms with Gasteiger partial charge >= 0.3 is 0 Å². The first-order valence-corrected chi connectivity index (χ1v) is 6.63. The summed E-state index contributed by atoms with van der Waals surface area (Å²) in [4.78, 5) is 16.3. The Kier molecular flexibility index (Phi) is 2.74. The smallest absolute Gasteiger partial charge is 0.156 e. The first-order chi connectivity index (χ1) is 9.05. The van der Waals surface area contributed by atoms with E-state index in [0.29, 0.717) is 6.42 Å². The molecule has 0 spiro atoms. The highest BCUT2D eigenvalue weighted by Gasteiger charge is 2.28. The van der Waals surface area contributed by atoms with Crippen molar-refractivity contribution in [2.75, 3.05) is 0 Å². The van der Waals surface area contributed by atoms with Gasteiger partial charge in [0.2, 0.25) is 0 Å². The van der Waals surface area contributed by atoms with Crippen LogP contribution in [0.4, 0.5) is 0 Å². The summed E-state index contributed by atoms with van der Waals surface area (Å²) in [5, 5.41) is 1.13. The second kappa shape index (κ2) is 4.30. The lowest BCUT2D eigenvalue weighted by Gasteiger charge is -2.29. The summed E-state index contributed by atoms with van der Waals surface area (Å²) in [6.45, 7) is 4.31. The Balaban J connectivity index is 2.17. The molecule has 0 unspecified atom stereocenters. The van der Waals surface area contributed by atoms with Gasteiger partial charge in [0, 0.05) is 18.0 Å². The highest BCUT2D eigenvalue weighted by molar-refractivity contribution is 6.02. The van der Waals surface area contributed by atoms with E-state index in [1.807, 2.05) is 24.3 Å². The summed E-state index contributed by atoms with van der Waals surface area (Å²) in [5.74, 6) is 0.229. The van der Waals surface area contributed by atoms with Gasteiger partial charge in [-0.3, -0.25) is 9.78 Å². The number of carbonyl (C=O) groups is 1. The Morgan fingerprint density at radius 3 is 2.74 bits per heavy atom. The average molecular weight is 251 g/mol. The van der Waals surface area contributed by atoms with E-state index in [1.54, 1.807) is 6.20 Å². The van der Waals surface area contributed by atoms with E-state index in [-0.39, 0.29) is 11.2 Å². The molecule has 1 aromatic heterocycles. The predicted molar refractivity (Wildman–Crippen MR) is 77.7 cm³/mol. The maximum Gasteiger partial charge on any atom is 0.156 e. The molecule has 0 saturated carbocycles. The van der Waals surface area contributed by atoms with Crippen LogP contribution in [0.5, 0.6) is 0 Å². The van der Waals surface area contributed by atoms with Crippen LogP contribution in [0.3, 0.4) is 0 Å². The van der Waals surface area contributed by atoms with Gasteiger partial charge in [-0.1, -0.05) is 32.0 Å². The number of fused-ring (bicyclic) bond motifs is 1. The quantitative estimate of drug-likeness (QED) is 0.766. The molecule has 96 valence electrons. The largest absolute Gasteiger partial charge is 0.295 e. The summed E-state index contributed by atoms with van der Waals surface area (Å²) in [7, 11) is 0. The molecule has 0 amide bonds. The molecular weight excluding hydrogens is 234 g/mol. The summed E-state index contributed by atoms with van der Waals surface area (Å²) in [6, 6.07) is 10.1. The van der Waals surface area contributed by atoms with Crippen molar-refractivity contribution >= 4 is 22.3 Å². The van der Waals surface area contributed by atoms with Gasteiger partial charge in [0.15, 0.2) is 5.78 Å². The van der Waals surface area contributed by atoms with Crippen molar-refractivity contribution in [1.82, 2.24) is 4.98 Å². The molecule has 0 radical (unpaired) electrons. The van der Waals surface area contributed by atoms with E-state index in [0.717, 1.165) is 28.5 Å². The molecule has 0 bridgehead atoms. The zero-order valence-electron chi connectivity index (χ0n) is 11.3. The molecule has 0 saturated heterocycles. The molecule has 0 N–H and O–H groups in total. The van der Waals surface area contributed by atoms with Gasteiger partial charge in [0.1, 0.15) is 0 Å². The standard InChI is InChI=1S/C17H17NO/c1-17(2)10-12(9-13(19)11-17)14-5-3-7-16-15(14)6-4-8-18-16/h3-9H,10-11H2,1-2H3. The van der Waals surface area contributed by atoms with E-state index in [1.165, 1.54) is 0 Å². The Labute approximate surface area is 113 Å². The molecule has 2 heteroatoms. The third-order valence-electron chi connectivity index (χ3n) is 3.65. The van der Waals surface area contributed by atoms with Crippen molar-refractivity contribution in [1.29, 1.82) is 0 Å². The lowest BCUT2D eigenvalue weighted by molar-refractivity contribution is -0.116. The first kappa shape index (κ1) is 12.1. The highest BCUT2D eigenvalue weighted by atomic mass is 16.1. The minimum Gasteiger partial charge on any atom is -0.295 e. The second-order valence-corrected chi connectivity index (χ2v) is 6.03. The number of ketones is 1. The number of pyridine rings is 1. The Morgan fingerprint density at radius 1 is 1.11 bits per heavy atom. The number of carbonyl (C=O) groups excluding carboxylic acids is 1. The number of allylic oxidation sites excluding steroid dienone is 2. The molecule has 1 aliphatic rings. The number of hydrogen-bond donors (Lipinski definition) is 0. The van der Waals surface area contributed by atoms with Crippen molar-refractivity contribution in [3.8, 4) is 0 Å².